The van der Waals surface area contributed by atoms with E-state index in [-0.39, 0.29) is 16.5 Å². The maximum absolute atomic E-state index is 12.2. The summed E-state index contributed by atoms with van der Waals surface area (Å²) in [5.74, 6) is 0.637. The van der Waals surface area contributed by atoms with E-state index < -0.39 is 9.84 Å². The molecule has 0 saturated heterocycles. The number of rotatable bonds is 6. The Kier molecular flexibility index (Phi) is 5.06. The van der Waals surface area contributed by atoms with Crippen molar-refractivity contribution in [2.75, 3.05) is 5.75 Å². The fraction of sp³-hybridized carbons (Fsp3) is 0.333. The SMILES string of the molecule is CCCSc1nnc(CS(=O)(=O)c2ccc(Cl)cc2)o1. The Labute approximate surface area is 126 Å². The summed E-state index contributed by atoms with van der Waals surface area (Å²) in [5, 5.41) is 8.44. The van der Waals surface area contributed by atoms with E-state index >= 15 is 0 Å². The highest BCUT2D eigenvalue weighted by atomic mass is 35.5. The number of thioether (sulfide) groups is 1. The Morgan fingerprint density at radius 1 is 1.25 bits per heavy atom. The number of halogens is 1. The Hall–Kier alpha value is -1.05. The molecule has 2 rings (SSSR count). The Bertz CT molecular complexity index is 668. The van der Waals surface area contributed by atoms with Crippen LogP contribution in [0, 0.1) is 0 Å². The molecule has 1 aromatic carbocycles. The second kappa shape index (κ2) is 6.60. The van der Waals surface area contributed by atoms with Crippen LogP contribution < -0.4 is 0 Å². The van der Waals surface area contributed by atoms with Gasteiger partial charge in [-0.05, 0) is 30.7 Å². The number of sulfone groups is 1. The molecule has 0 unspecified atom stereocenters. The normalized spacial score (nSPS) is 11.7. The molecule has 8 heteroatoms. The van der Waals surface area contributed by atoms with Crippen LogP contribution in [-0.4, -0.2) is 24.4 Å². The summed E-state index contributed by atoms with van der Waals surface area (Å²) in [6, 6.07) is 5.98. The van der Waals surface area contributed by atoms with Crippen LogP contribution >= 0.6 is 23.4 Å². The molecule has 1 heterocycles. The van der Waals surface area contributed by atoms with Crippen LogP contribution in [0.15, 0.2) is 38.8 Å². The van der Waals surface area contributed by atoms with Crippen LogP contribution in [0.1, 0.15) is 19.2 Å². The van der Waals surface area contributed by atoms with Gasteiger partial charge in [0.15, 0.2) is 9.84 Å². The van der Waals surface area contributed by atoms with Gasteiger partial charge in [0.25, 0.3) is 5.22 Å². The number of aromatic nitrogens is 2. The third-order valence-electron chi connectivity index (χ3n) is 2.36. The minimum Gasteiger partial charge on any atom is -0.415 e. The van der Waals surface area contributed by atoms with Crippen molar-refractivity contribution in [3.05, 3.63) is 35.2 Å². The molecule has 0 N–H and O–H groups in total. The monoisotopic (exact) mass is 332 g/mol. The summed E-state index contributed by atoms with van der Waals surface area (Å²) in [6.45, 7) is 2.04. The second-order valence-electron chi connectivity index (χ2n) is 4.02. The van der Waals surface area contributed by atoms with E-state index in [0.29, 0.717) is 10.2 Å². The molecule has 0 radical (unpaired) electrons. The summed E-state index contributed by atoms with van der Waals surface area (Å²) in [7, 11) is -3.50. The van der Waals surface area contributed by atoms with Gasteiger partial charge in [0.05, 0.1) is 4.90 Å². The van der Waals surface area contributed by atoms with Crippen molar-refractivity contribution >= 4 is 33.2 Å². The van der Waals surface area contributed by atoms with Crippen LogP contribution in [-0.2, 0) is 15.6 Å². The average molecular weight is 333 g/mol. The third-order valence-corrected chi connectivity index (χ3v) is 5.26. The van der Waals surface area contributed by atoms with Gasteiger partial charge in [0, 0.05) is 10.8 Å². The van der Waals surface area contributed by atoms with E-state index in [4.69, 9.17) is 16.0 Å². The molecular weight excluding hydrogens is 320 g/mol. The highest BCUT2D eigenvalue weighted by Gasteiger charge is 2.19. The summed E-state index contributed by atoms with van der Waals surface area (Å²) in [6.07, 6.45) is 0.978. The van der Waals surface area contributed by atoms with Crippen molar-refractivity contribution in [3.63, 3.8) is 0 Å². The predicted octanol–water partition coefficient (Wildman–Crippen LogP) is 3.20. The summed E-state index contributed by atoms with van der Waals surface area (Å²) >= 11 is 7.15. The fourth-order valence-corrected chi connectivity index (χ4v) is 3.35. The van der Waals surface area contributed by atoms with Crippen molar-refractivity contribution < 1.29 is 12.8 Å². The summed E-state index contributed by atoms with van der Waals surface area (Å²) in [4.78, 5) is 0.183. The smallest absolute Gasteiger partial charge is 0.276 e. The molecule has 0 saturated carbocycles. The van der Waals surface area contributed by atoms with E-state index in [1.165, 1.54) is 36.0 Å². The molecule has 0 aliphatic carbocycles. The Balaban J connectivity index is 2.12. The van der Waals surface area contributed by atoms with Crippen molar-refractivity contribution in [2.24, 2.45) is 0 Å². The molecule has 2 aromatic rings. The van der Waals surface area contributed by atoms with Gasteiger partial charge in [-0.25, -0.2) is 8.42 Å². The van der Waals surface area contributed by atoms with E-state index in [9.17, 15) is 8.42 Å². The van der Waals surface area contributed by atoms with Gasteiger partial charge in [-0.2, -0.15) is 0 Å². The molecule has 1 aromatic heterocycles. The maximum atomic E-state index is 12.2. The summed E-state index contributed by atoms with van der Waals surface area (Å²) in [5.41, 5.74) is 0. The zero-order valence-electron chi connectivity index (χ0n) is 10.7. The molecule has 0 atom stereocenters. The lowest BCUT2D eigenvalue weighted by atomic mass is 10.4. The van der Waals surface area contributed by atoms with Gasteiger partial charge in [-0.1, -0.05) is 30.3 Å². The lowest BCUT2D eigenvalue weighted by Crippen LogP contribution is -2.05. The highest BCUT2D eigenvalue weighted by Crippen LogP contribution is 2.21. The van der Waals surface area contributed by atoms with Gasteiger partial charge in [0.1, 0.15) is 5.75 Å². The largest absolute Gasteiger partial charge is 0.415 e. The average Bonchev–Trinajstić information content (AvgIpc) is 2.83. The van der Waals surface area contributed by atoms with Crippen molar-refractivity contribution in [2.45, 2.75) is 29.2 Å². The molecule has 0 aliphatic rings. The van der Waals surface area contributed by atoms with Gasteiger partial charge >= 0.3 is 0 Å². The minimum atomic E-state index is -3.50. The minimum absolute atomic E-state index is 0.0959. The first-order chi connectivity index (χ1) is 9.51. The standard InChI is InChI=1S/C12H13ClN2O3S2/c1-2-7-19-12-15-14-11(18-12)8-20(16,17)10-5-3-9(13)4-6-10/h3-6H,2,7-8H2,1H3. The number of nitrogens with zero attached hydrogens (tertiary/aromatic N) is 2. The van der Waals surface area contributed by atoms with Gasteiger partial charge in [-0.3, -0.25) is 0 Å². The van der Waals surface area contributed by atoms with Crippen LogP contribution in [0.3, 0.4) is 0 Å². The number of benzene rings is 1. The lowest BCUT2D eigenvalue weighted by molar-refractivity contribution is 0.423. The van der Waals surface area contributed by atoms with Gasteiger partial charge in [-0.15, -0.1) is 10.2 Å². The number of hydrogen-bond donors (Lipinski definition) is 0. The Morgan fingerprint density at radius 3 is 2.60 bits per heavy atom. The quantitative estimate of drug-likeness (QED) is 0.756. The molecule has 0 amide bonds. The molecular formula is C12H13ClN2O3S2. The molecule has 0 aliphatic heterocycles. The van der Waals surface area contributed by atoms with Crippen LogP contribution in [0.4, 0.5) is 0 Å². The van der Waals surface area contributed by atoms with E-state index in [1.54, 1.807) is 0 Å². The predicted molar refractivity (Wildman–Crippen MR) is 77.7 cm³/mol. The molecule has 5 nitrogen and oxygen atoms in total. The van der Waals surface area contributed by atoms with Crippen molar-refractivity contribution in [3.8, 4) is 0 Å². The van der Waals surface area contributed by atoms with Crippen molar-refractivity contribution in [1.82, 2.24) is 10.2 Å². The lowest BCUT2D eigenvalue weighted by Gasteiger charge is -2.01. The number of hydrogen-bond acceptors (Lipinski definition) is 6. The summed E-state index contributed by atoms with van der Waals surface area (Å²) < 4.78 is 29.6. The zero-order valence-corrected chi connectivity index (χ0v) is 13.1. The van der Waals surface area contributed by atoms with Crippen LogP contribution in [0.5, 0.6) is 0 Å². The fourth-order valence-electron chi connectivity index (χ4n) is 1.43. The molecule has 0 spiro atoms. The molecule has 0 fully saturated rings. The maximum Gasteiger partial charge on any atom is 0.276 e. The Morgan fingerprint density at radius 2 is 1.95 bits per heavy atom. The van der Waals surface area contributed by atoms with Gasteiger partial charge < -0.3 is 4.42 Å². The first kappa shape index (κ1) is 15.3. The van der Waals surface area contributed by atoms with Crippen LogP contribution in [0.2, 0.25) is 5.02 Å². The van der Waals surface area contributed by atoms with E-state index in [1.807, 2.05) is 6.92 Å². The van der Waals surface area contributed by atoms with Crippen molar-refractivity contribution in [1.29, 1.82) is 0 Å². The highest BCUT2D eigenvalue weighted by molar-refractivity contribution is 7.99. The van der Waals surface area contributed by atoms with Gasteiger partial charge in [0.2, 0.25) is 5.89 Å². The zero-order chi connectivity index (χ0) is 14.6. The van der Waals surface area contributed by atoms with E-state index in [0.717, 1.165) is 12.2 Å². The first-order valence-corrected chi connectivity index (χ1v) is 8.96. The van der Waals surface area contributed by atoms with Crippen LogP contribution in [0.25, 0.3) is 0 Å². The second-order valence-corrected chi connectivity index (χ2v) is 7.50. The first-order valence-electron chi connectivity index (χ1n) is 5.95. The molecule has 0 bridgehead atoms. The molecule has 20 heavy (non-hydrogen) atoms. The molecule has 108 valence electrons. The van der Waals surface area contributed by atoms with E-state index in [2.05, 4.69) is 10.2 Å². The topological polar surface area (TPSA) is 73.1 Å². The third kappa shape index (κ3) is 3.97.